The second-order valence-corrected chi connectivity index (χ2v) is 5.36. The van der Waals surface area contributed by atoms with Crippen LogP contribution in [-0.4, -0.2) is 30.4 Å². The first-order chi connectivity index (χ1) is 8.93. The number of anilines is 1. The van der Waals surface area contributed by atoms with Crippen LogP contribution < -0.4 is 5.32 Å². The van der Waals surface area contributed by atoms with Crippen molar-refractivity contribution in [2.24, 2.45) is 0 Å². The molecule has 3 nitrogen and oxygen atoms in total. The Morgan fingerprint density at radius 2 is 1.84 bits per heavy atom. The topological polar surface area (TPSA) is 32.3 Å². The molecule has 0 heterocycles. The lowest BCUT2D eigenvalue weighted by molar-refractivity contribution is -0.130. The van der Waals surface area contributed by atoms with Crippen LogP contribution in [0.3, 0.4) is 0 Å². The summed E-state index contributed by atoms with van der Waals surface area (Å²) in [4.78, 5) is 14.0. The zero-order valence-electron chi connectivity index (χ0n) is 12.8. The second kappa shape index (κ2) is 7.17. The summed E-state index contributed by atoms with van der Waals surface area (Å²) in [6.07, 6.45) is 2.16. The van der Waals surface area contributed by atoms with Gasteiger partial charge in [-0.2, -0.15) is 0 Å². The van der Waals surface area contributed by atoms with E-state index in [-0.39, 0.29) is 11.9 Å². The summed E-state index contributed by atoms with van der Waals surface area (Å²) < 4.78 is 0. The molecule has 1 N–H and O–H groups in total. The van der Waals surface area contributed by atoms with Crippen LogP contribution in [-0.2, 0) is 4.79 Å². The fourth-order valence-electron chi connectivity index (χ4n) is 2.21. The number of likely N-dealkylation sites (N-methyl/N-ethyl adjacent to an activating group) is 1. The Morgan fingerprint density at radius 3 is 2.37 bits per heavy atom. The van der Waals surface area contributed by atoms with Crippen LogP contribution in [0.25, 0.3) is 0 Å². The summed E-state index contributed by atoms with van der Waals surface area (Å²) in [6, 6.07) is 6.08. The van der Waals surface area contributed by atoms with Crippen molar-refractivity contribution >= 4 is 11.6 Å². The Bertz CT molecular complexity index is 409. The van der Waals surface area contributed by atoms with Gasteiger partial charge in [0, 0.05) is 19.3 Å². The van der Waals surface area contributed by atoms with Gasteiger partial charge in [-0.3, -0.25) is 4.79 Å². The van der Waals surface area contributed by atoms with Crippen LogP contribution in [0.5, 0.6) is 0 Å². The molecule has 0 spiro atoms. The van der Waals surface area contributed by atoms with Crippen molar-refractivity contribution in [2.45, 2.75) is 46.6 Å². The van der Waals surface area contributed by atoms with Crippen LogP contribution in [0.4, 0.5) is 5.69 Å². The lowest BCUT2D eigenvalue weighted by Gasteiger charge is -2.23. The Morgan fingerprint density at radius 1 is 1.26 bits per heavy atom. The van der Waals surface area contributed by atoms with E-state index in [1.807, 2.05) is 18.9 Å². The first-order valence-corrected chi connectivity index (χ1v) is 7.04. The first-order valence-electron chi connectivity index (χ1n) is 7.04. The highest BCUT2D eigenvalue weighted by Crippen LogP contribution is 2.15. The average molecular weight is 262 g/mol. The first kappa shape index (κ1) is 15.5. The lowest BCUT2D eigenvalue weighted by Crippen LogP contribution is -2.39. The van der Waals surface area contributed by atoms with E-state index in [1.54, 1.807) is 0 Å². The molecule has 19 heavy (non-hydrogen) atoms. The number of unbranched alkanes of at least 4 members (excludes halogenated alkanes) is 1. The number of hydrogen-bond donors (Lipinski definition) is 1. The highest BCUT2D eigenvalue weighted by Gasteiger charge is 2.16. The molecular formula is C16H26N2O. The summed E-state index contributed by atoms with van der Waals surface area (Å²) in [5.41, 5.74) is 3.44. The summed E-state index contributed by atoms with van der Waals surface area (Å²) in [5, 5.41) is 3.29. The molecule has 0 aliphatic carbocycles. The van der Waals surface area contributed by atoms with E-state index < -0.39 is 0 Å². The number of carbonyl (C=O) groups excluding carboxylic acids is 1. The van der Waals surface area contributed by atoms with Crippen molar-refractivity contribution < 1.29 is 4.79 Å². The zero-order chi connectivity index (χ0) is 14.4. The fraction of sp³-hybridized carbons (Fsp3) is 0.562. The van der Waals surface area contributed by atoms with Gasteiger partial charge in [-0.1, -0.05) is 19.4 Å². The van der Waals surface area contributed by atoms with Gasteiger partial charge in [-0.05, 0) is 50.5 Å². The van der Waals surface area contributed by atoms with Crippen LogP contribution in [0.2, 0.25) is 0 Å². The Hall–Kier alpha value is -1.51. The van der Waals surface area contributed by atoms with E-state index in [2.05, 4.69) is 44.3 Å². The minimum Gasteiger partial charge on any atom is -0.374 e. The maximum atomic E-state index is 12.2. The van der Waals surface area contributed by atoms with Gasteiger partial charge < -0.3 is 10.2 Å². The standard InChI is InChI=1S/C16H26N2O/c1-6-7-8-18(5)16(19)14(4)17-15-10-12(2)9-13(3)11-15/h9-11,14,17H,6-8H2,1-5H3. The number of nitrogens with zero attached hydrogens (tertiary/aromatic N) is 1. The number of hydrogen-bond acceptors (Lipinski definition) is 2. The molecule has 0 saturated carbocycles. The summed E-state index contributed by atoms with van der Waals surface area (Å²) in [6.45, 7) is 9.02. The minimum absolute atomic E-state index is 0.146. The maximum Gasteiger partial charge on any atom is 0.244 e. The quantitative estimate of drug-likeness (QED) is 0.852. The number of nitrogens with one attached hydrogen (secondary N) is 1. The summed E-state index contributed by atoms with van der Waals surface area (Å²) in [5.74, 6) is 0.146. The molecule has 0 aliphatic rings. The molecule has 0 radical (unpaired) electrons. The Kier molecular flexibility index (Phi) is 5.87. The number of carbonyl (C=O) groups is 1. The van der Waals surface area contributed by atoms with E-state index in [0.29, 0.717) is 0 Å². The summed E-state index contributed by atoms with van der Waals surface area (Å²) >= 11 is 0. The zero-order valence-corrected chi connectivity index (χ0v) is 12.8. The molecule has 1 unspecified atom stereocenters. The molecule has 0 bridgehead atoms. The molecular weight excluding hydrogens is 236 g/mol. The van der Waals surface area contributed by atoms with Crippen molar-refractivity contribution in [3.8, 4) is 0 Å². The molecule has 106 valence electrons. The van der Waals surface area contributed by atoms with Crippen LogP contribution in [0.1, 0.15) is 37.8 Å². The van der Waals surface area contributed by atoms with Crippen molar-refractivity contribution in [3.63, 3.8) is 0 Å². The van der Waals surface area contributed by atoms with Gasteiger partial charge in [0.15, 0.2) is 0 Å². The lowest BCUT2D eigenvalue weighted by atomic mass is 10.1. The largest absolute Gasteiger partial charge is 0.374 e. The van der Waals surface area contributed by atoms with Crippen LogP contribution in [0, 0.1) is 13.8 Å². The average Bonchev–Trinajstić information content (AvgIpc) is 2.33. The smallest absolute Gasteiger partial charge is 0.244 e. The highest BCUT2D eigenvalue weighted by molar-refractivity contribution is 5.84. The molecule has 0 aliphatic heterocycles. The summed E-state index contributed by atoms with van der Waals surface area (Å²) in [7, 11) is 1.87. The van der Waals surface area contributed by atoms with E-state index in [9.17, 15) is 4.79 Å². The molecule has 1 aromatic carbocycles. The predicted octanol–water partition coefficient (Wildman–Crippen LogP) is 3.36. The molecule has 0 saturated heterocycles. The van der Waals surface area contributed by atoms with Gasteiger partial charge >= 0.3 is 0 Å². The van der Waals surface area contributed by atoms with Gasteiger partial charge in [0.2, 0.25) is 5.91 Å². The van der Waals surface area contributed by atoms with Gasteiger partial charge in [0.25, 0.3) is 0 Å². The van der Waals surface area contributed by atoms with Gasteiger partial charge in [-0.25, -0.2) is 0 Å². The van der Waals surface area contributed by atoms with Gasteiger partial charge in [0.1, 0.15) is 6.04 Å². The third-order valence-electron chi connectivity index (χ3n) is 3.20. The molecule has 3 heteroatoms. The monoisotopic (exact) mass is 262 g/mol. The molecule has 1 rings (SSSR count). The molecule has 1 amide bonds. The third-order valence-corrected chi connectivity index (χ3v) is 3.20. The Balaban J connectivity index is 2.62. The third kappa shape index (κ3) is 4.93. The molecule has 0 fully saturated rings. The van der Waals surface area contributed by atoms with E-state index in [0.717, 1.165) is 25.1 Å². The van der Waals surface area contributed by atoms with Gasteiger partial charge in [-0.15, -0.1) is 0 Å². The van der Waals surface area contributed by atoms with Crippen molar-refractivity contribution in [2.75, 3.05) is 18.9 Å². The van der Waals surface area contributed by atoms with Gasteiger partial charge in [0.05, 0.1) is 0 Å². The highest BCUT2D eigenvalue weighted by atomic mass is 16.2. The molecule has 1 aromatic rings. The fourth-order valence-corrected chi connectivity index (χ4v) is 2.21. The van der Waals surface area contributed by atoms with Crippen LogP contribution in [0.15, 0.2) is 18.2 Å². The number of rotatable bonds is 6. The van der Waals surface area contributed by atoms with Crippen molar-refractivity contribution in [1.29, 1.82) is 0 Å². The number of benzene rings is 1. The van der Waals surface area contributed by atoms with Crippen LogP contribution >= 0.6 is 0 Å². The van der Waals surface area contributed by atoms with E-state index >= 15 is 0 Å². The van der Waals surface area contributed by atoms with E-state index in [1.165, 1.54) is 11.1 Å². The Labute approximate surface area is 117 Å². The SMILES string of the molecule is CCCCN(C)C(=O)C(C)Nc1cc(C)cc(C)c1. The van der Waals surface area contributed by atoms with E-state index in [4.69, 9.17) is 0 Å². The van der Waals surface area contributed by atoms with Crippen molar-refractivity contribution in [3.05, 3.63) is 29.3 Å². The molecule has 1 atom stereocenters. The predicted molar refractivity (Wildman–Crippen MR) is 81.5 cm³/mol. The normalized spacial score (nSPS) is 12.1. The van der Waals surface area contributed by atoms with Crippen molar-refractivity contribution in [1.82, 2.24) is 4.90 Å². The number of amides is 1. The maximum absolute atomic E-state index is 12.2. The second-order valence-electron chi connectivity index (χ2n) is 5.36. The number of aryl methyl sites for hydroxylation is 2. The molecule has 0 aromatic heterocycles. The minimum atomic E-state index is -0.192.